The van der Waals surface area contributed by atoms with Gasteiger partial charge < -0.3 is 9.94 Å². The summed E-state index contributed by atoms with van der Waals surface area (Å²) in [6.07, 6.45) is 1.09. The minimum absolute atomic E-state index is 0.0893. The average molecular weight is 275 g/mol. The topological polar surface area (TPSA) is 76.0 Å². The minimum atomic E-state index is -3.14. The third kappa shape index (κ3) is 4.33. The van der Waals surface area contributed by atoms with Crippen molar-refractivity contribution in [3.8, 4) is 5.75 Å². The van der Waals surface area contributed by atoms with Crippen LogP contribution in [0, 0.1) is 5.82 Å². The molecule has 5 nitrogen and oxygen atoms in total. The van der Waals surface area contributed by atoms with Crippen molar-refractivity contribution in [2.75, 3.05) is 18.6 Å². The number of rotatable bonds is 5. The Balaban J connectivity index is 2.90. The molecule has 0 aliphatic rings. The largest absolute Gasteiger partial charge is 0.492 e. The van der Waals surface area contributed by atoms with Gasteiger partial charge >= 0.3 is 0 Å². The van der Waals surface area contributed by atoms with Crippen molar-refractivity contribution >= 4 is 15.5 Å². The van der Waals surface area contributed by atoms with Crippen LogP contribution in [0.25, 0.3) is 0 Å². The molecule has 18 heavy (non-hydrogen) atoms. The van der Waals surface area contributed by atoms with Crippen LogP contribution in [-0.2, 0) is 9.84 Å². The second-order valence-electron chi connectivity index (χ2n) is 3.80. The van der Waals surface area contributed by atoms with Crippen LogP contribution >= 0.6 is 0 Å². The van der Waals surface area contributed by atoms with E-state index in [2.05, 4.69) is 5.16 Å². The molecule has 0 atom stereocenters. The molecule has 0 saturated carbocycles. The van der Waals surface area contributed by atoms with Crippen molar-refractivity contribution in [3.05, 3.63) is 29.6 Å². The summed E-state index contributed by atoms with van der Waals surface area (Å²) in [7, 11) is -3.14. The normalized spacial score (nSPS) is 12.5. The highest BCUT2D eigenvalue weighted by atomic mass is 32.2. The van der Waals surface area contributed by atoms with E-state index in [9.17, 15) is 12.8 Å². The van der Waals surface area contributed by atoms with E-state index in [0.717, 1.165) is 12.3 Å². The molecule has 1 aromatic carbocycles. The molecule has 1 aromatic rings. The molecule has 0 aromatic heterocycles. The Labute approximate surface area is 105 Å². The first kappa shape index (κ1) is 14.4. The standard InChI is InChI=1S/C11H14FNO4S/c1-8(13-14)10-4-3-9(12)7-11(10)17-5-6-18(2,15)16/h3-4,7,14H,5-6H2,1-2H3. The van der Waals surface area contributed by atoms with Crippen molar-refractivity contribution in [2.45, 2.75) is 6.92 Å². The van der Waals surface area contributed by atoms with Gasteiger partial charge in [0.1, 0.15) is 18.2 Å². The van der Waals surface area contributed by atoms with Gasteiger partial charge in [0.15, 0.2) is 9.84 Å². The minimum Gasteiger partial charge on any atom is -0.492 e. The number of benzene rings is 1. The van der Waals surface area contributed by atoms with Crippen LogP contribution in [0.3, 0.4) is 0 Å². The molecule has 7 heteroatoms. The summed E-state index contributed by atoms with van der Waals surface area (Å²) in [5.74, 6) is -0.536. The van der Waals surface area contributed by atoms with Crippen LogP contribution < -0.4 is 4.74 Å². The Kier molecular flexibility index (Phi) is 4.66. The number of sulfone groups is 1. The van der Waals surface area contributed by atoms with E-state index in [-0.39, 0.29) is 23.8 Å². The number of ether oxygens (including phenoxy) is 1. The first-order valence-electron chi connectivity index (χ1n) is 5.12. The number of halogens is 1. The summed E-state index contributed by atoms with van der Waals surface area (Å²) >= 11 is 0. The van der Waals surface area contributed by atoms with Gasteiger partial charge in [-0.15, -0.1) is 0 Å². The van der Waals surface area contributed by atoms with Gasteiger partial charge in [-0.05, 0) is 19.1 Å². The van der Waals surface area contributed by atoms with Gasteiger partial charge in [0.2, 0.25) is 0 Å². The summed E-state index contributed by atoms with van der Waals surface area (Å²) < 4.78 is 40.2. The highest BCUT2D eigenvalue weighted by Gasteiger charge is 2.10. The lowest BCUT2D eigenvalue weighted by Gasteiger charge is -2.10. The molecular weight excluding hydrogens is 261 g/mol. The van der Waals surface area contributed by atoms with Gasteiger partial charge in [-0.1, -0.05) is 5.16 Å². The van der Waals surface area contributed by atoms with E-state index in [1.807, 2.05) is 0 Å². The summed E-state index contributed by atoms with van der Waals surface area (Å²) in [5.41, 5.74) is 0.664. The van der Waals surface area contributed by atoms with E-state index >= 15 is 0 Å². The highest BCUT2D eigenvalue weighted by molar-refractivity contribution is 7.90. The van der Waals surface area contributed by atoms with Gasteiger partial charge in [-0.2, -0.15) is 0 Å². The quantitative estimate of drug-likeness (QED) is 0.501. The fourth-order valence-electron chi connectivity index (χ4n) is 1.27. The van der Waals surface area contributed by atoms with Crippen LogP contribution in [0.5, 0.6) is 5.75 Å². The molecule has 0 unspecified atom stereocenters. The van der Waals surface area contributed by atoms with Crippen molar-refractivity contribution in [2.24, 2.45) is 5.16 Å². The maximum atomic E-state index is 13.1. The monoisotopic (exact) mass is 275 g/mol. The molecule has 0 saturated heterocycles. The Hall–Kier alpha value is -1.63. The summed E-state index contributed by atoms with van der Waals surface area (Å²) in [5, 5.41) is 11.7. The summed E-state index contributed by atoms with van der Waals surface area (Å²) in [6.45, 7) is 1.44. The van der Waals surface area contributed by atoms with Crippen molar-refractivity contribution < 1.29 is 22.8 Å². The molecule has 0 radical (unpaired) electrons. The zero-order valence-electron chi connectivity index (χ0n) is 10.1. The molecule has 0 bridgehead atoms. The van der Waals surface area contributed by atoms with Crippen molar-refractivity contribution in [3.63, 3.8) is 0 Å². The molecule has 1 N–H and O–H groups in total. The Morgan fingerprint density at radius 2 is 2.17 bits per heavy atom. The molecule has 0 spiro atoms. The van der Waals surface area contributed by atoms with Crippen LogP contribution in [0.1, 0.15) is 12.5 Å². The maximum Gasteiger partial charge on any atom is 0.150 e. The predicted octanol–water partition coefficient (Wildman–Crippen LogP) is 1.45. The van der Waals surface area contributed by atoms with E-state index in [1.165, 1.54) is 19.1 Å². The third-order valence-electron chi connectivity index (χ3n) is 2.20. The van der Waals surface area contributed by atoms with E-state index < -0.39 is 15.7 Å². The summed E-state index contributed by atoms with van der Waals surface area (Å²) in [6, 6.07) is 3.72. The lowest BCUT2D eigenvalue weighted by atomic mass is 10.1. The average Bonchev–Trinajstić information content (AvgIpc) is 2.26. The second-order valence-corrected chi connectivity index (χ2v) is 6.06. The zero-order valence-corrected chi connectivity index (χ0v) is 10.9. The van der Waals surface area contributed by atoms with Crippen LogP contribution in [0.4, 0.5) is 4.39 Å². The maximum absolute atomic E-state index is 13.1. The first-order valence-corrected chi connectivity index (χ1v) is 7.18. The van der Waals surface area contributed by atoms with Gasteiger partial charge in [-0.25, -0.2) is 12.8 Å². The number of nitrogens with zero attached hydrogens (tertiary/aromatic N) is 1. The predicted molar refractivity (Wildman–Crippen MR) is 65.6 cm³/mol. The first-order chi connectivity index (χ1) is 8.33. The SMILES string of the molecule is CC(=NO)c1ccc(F)cc1OCCS(C)(=O)=O. The molecule has 0 aliphatic heterocycles. The molecule has 0 amide bonds. The Morgan fingerprint density at radius 3 is 2.72 bits per heavy atom. The fourth-order valence-corrected chi connectivity index (χ4v) is 1.66. The Bertz CT molecular complexity index is 554. The fraction of sp³-hybridized carbons (Fsp3) is 0.364. The molecule has 1 rings (SSSR count). The van der Waals surface area contributed by atoms with Crippen molar-refractivity contribution in [1.29, 1.82) is 0 Å². The Morgan fingerprint density at radius 1 is 1.50 bits per heavy atom. The smallest absolute Gasteiger partial charge is 0.150 e. The van der Waals surface area contributed by atoms with E-state index in [1.54, 1.807) is 0 Å². The molecule has 100 valence electrons. The number of hydrogen-bond acceptors (Lipinski definition) is 5. The van der Waals surface area contributed by atoms with Crippen LogP contribution in [0.2, 0.25) is 0 Å². The van der Waals surface area contributed by atoms with E-state index in [0.29, 0.717) is 5.56 Å². The highest BCUT2D eigenvalue weighted by Crippen LogP contribution is 2.21. The van der Waals surface area contributed by atoms with Gasteiger partial charge in [0.25, 0.3) is 0 Å². The number of hydrogen-bond donors (Lipinski definition) is 1. The molecular formula is C11H14FNO4S. The van der Waals surface area contributed by atoms with Gasteiger partial charge in [-0.3, -0.25) is 0 Å². The number of oxime groups is 1. The summed E-state index contributed by atoms with van der Waals surface area (Å²) in [4.78, 5) is 0. The third-order valence-corrected chi connectivity index (χ3v) is 3.10. The van der Waals surface area contributed by atoms with Crippen molar-refractivity contribution in [1.82, 2.24) is 0 Å². The molecule has 0 heterocycles. The van der Waals surface area contributed by atoms with Gasteiger partial charge in [0.05, 0.1) is 11.5 Å². The van der Waals surface area contributed by atoms with E-state index in [4.69, 9.17) is 9.94 Å². The zero-order chi connectivity index (χ0) is 13.8. The molecule has 0 fully saturated rings. The van der Waals surface area contributed by atoms with Crippen LogP contribution in [0.15, 0.2) is 23.4 Å². The lowest BCUT2D eigenvalue weighted by molar-refractivity contribution is 0.317. The molecule has 0 aliphatic carbocycles. The van der Waals surface area contributed by atoms with Gasteiger partial charge in [0, 0.05) is 17.9 Å². The second kappa shape index (κ2) is 5.81. The van der Waals surface area contributed by atoms with Crippen LogP contribution in [-0.4, -0.2) is 38.0 Å². The lowest BCUT2D eigenvalue weighted by Crippen LogP contribution is -2.13.